The van der Waals surface area contributed by atoms with Gasteiger partial charge >= 0.3 is 12.3 Å². The number of carbonyl (C=O) groups excluding carboxylic acids is 1. The van der Waals surface area contributed by atoms with Gasteiger partial charge in [-0.3, -0.25) is 5.32 Å². The summed E-state index contributed by atoms with van der Waals surface area (Å²) in [4.78, 5) is 12.6. The van der Waals surface area contributed by atoms with Crippen LogP contribution < -0.4 is 5.32 Å². The van der Waals surface area contributed by atoms with Gasteiger partial charge in [-0.05, 0) is 23.0 Å². The van der Waals surface area contributed by atoms with Crippen molar-refractivity contribution in [3.8, 4) is 0 Å². The molecule has 3 nitrogen and oxygen atoms in total. The van der Waals surface area contributed by atoms with Gasteiger partial charge in [-0.25, -0.2) is 4.79 Å². The number of hydrogen-bond donors (Lipinski definition) is 1. The third kappa shape index (κ3) is 3.95. The summed E-state index contributed by atoms with van der Waals surface area (Å²) in [6.07, 6.45) is -1.39. The van der Waals surface area contributed by atoms with E-state index in [1.807, 2.05) is 30.3 Å². The minimum Gasteiger partial charge on any atom is -0.444 e. The van der Waals surface area contributed by atoms with Gasteiger partial charge in [-0.15, -0.1) is 11.8 Å². The summed E-state index contributed by atoms with van der Waals surface area (Å²) in [7, 11) is 0. The maximum atomic E-state index is 13.1. The number of alkyl carbamates (subject to hydrolysis) is 1. The number of allylic oxidation sites excluding steroid dienone is 4. The first-order chi connectivity index (χ1) is 11.4. The normalized spacial score (nSPS) is 23.1. The number of benzene rings is 1. The van der Waals surface area contributed by atoms with E-state index in [1.165, 1.54) is 11.8 Å². The van der Waals surface area contributed by atoms with Crippen molar-refractivity contribution >= 4 is 17.9 Å². The summed E-state index contributed by atoms with van der Waals surface area (Å²) in [5, 5.41) is 2.55. The molecule has 1 aromatic carbocycles. The molecule has 1 aliphatic heterocycles. The third-order valence-electron chi connectivity index (χ3n) is 4.07. The predicted octanol–water partition coefficient (Wildman–Crippen LogP) is 4.63. The Morgan fingerprint density at radius 2 is 2.00 bits per heavy atom. The number of alkyl halides is 3. The molecular weight excluding hydrogens is 339 g/mol. The molecule has 1 N–H and O–H groups in total. The highest BCUT2D eigenvalue weighted by molar-refractivity contribution is 8.03. The van der Waals surface area contributed by atoms with Crippen LogP contribution in [0.4, 0.5) is 18.0 Å². The molecule has 2 atom stereocenters. The van der Waals surface area contributed by atoms with Gasteiger partial charge in [0.25, 0.3) is 0 Å². The third-order valence-corrected chi connectivity index (χ3v) is 5.36. The van der Waals surface area contributed by atoms with E-state index >= 15 is 0 Å². The van der Waals surface area contributed by atoms with Crippen molar-refractivity contribution in [2.45, 2.75) is 19.2 Å². The van der Waals surface area contributed by atoms with Crippen LogP contribution in [-0.2, 0) is 11.3 Å². The Kier molecular flexibility index (Phi) is 4.89. The van der Waals surface area contributed by atoms with Gasteiger partial charge in [0.2, 0.25) is 0 Å². The second kappa shape index (κ2) is 6.93. The van der Waals surface area contributed by atoms with Gasteiger partial charge in [0.15, 0.2) is 0 Å². The highest BCUT2D eigenvalue weighted by atomic mass is 32.2. The summed E-state index contributed by atoms with van der Waals surface area (Å²) >= 11 is 1.24. The van der Waals surface area contributed by atoms with Crippen molar-refractivity contribution in [2.24, 2.45) is 11.8 Å². The lowest BCUT2D eigenvalue weighted by Gasteiger charge is -2.25. The molecule has 1 amide bonds. The Morgan fingerprint density at radius 1 is 1.25 bits per heavy atom. The van der Waals surface area contributed by atoms with Crippen molar-refractivity contribution in [3.63, 3.8) is 0 Å². The first-order valence-corrected chi connectivity index (χ1v) is 8.50. The van der Waals surface area contributed by atoms with E-state index < -0.39 is 24.1 Å². The fraction of sp³-hybridized carbons (Fsp3) is 0.353. The first-order valence-electron chi connectivity index (χ1n) is 7.51. The van der Waals surface area contributed by atoms with Gasteiger partial charge in [-0.2, -0.15) is 13.2 Å². The van der Waals surface area contributed by atoms with Crippen molar-refractivity contribution in [1.29, 1.82) is 0 Å². The van der Waals surface area contributed by atoms with Crippen LogP contribution in [0.5, 0.6) is 0 Å². The Hall–Kier alpha value is -1.89. The molecule has 2 aliphatic rings. The SMILES string of the molecule is O=C(NC1=CC=C2SCC(C(F)(F)F)C2C1)OCc1ccccc1. The standard InChI is InChI=1S/C17H16F3NO2S/c18-17(19,20)14-10-24-15-7-6-12(8-13(14)15)21-16(22)23-9-11-4-2-1-3-5-11/h1-7,13-14H,8-10H2,(H,21,22). The molecule has 0 saturated carbocycles. The van der Waals surface area contributed by atoms with E-state index in [1.54, 1.807) is 12.2 Å². The van der Waals surface area contributed by atoms with Crippen molar-refractivity contribution < 1.29 is 22.7 Å². The summed E-state index contributed by atoms with van der Waals surface area (Å²) in [6.45, 7) is 0.117. The van der Waals surface area contributed by atoms with E-state index in [-0.39, 0.29) is 18.8 Å². The van der Waals surface area contributed by atoms with E-state index in [2.05, 4.69) is 5.32 Å². The van der Waals surface area contributed by atoms with Crippen molar-refractivity contribution in [1.82, 2.24) is 5.32 Å². The van der Waals surface area contributed by atoms with Gasteiger partial charge in [0.05, 0.1) is 5.92 Å². The zero-order valence-electron chi connectivity index (χ0n) is 12.7. The average molecular weight is 355 g/mol. The quantitative estimate of drug-likeness (QED) is 0.859. The van der Waals surface area contributed by atoms with E-state index in [9.17, 15) is 18.0 Å². The van der Waals surface area contributed by atoms with E-state index in [4.69, 9.17) is 4.74 Å². The molecule has 2 unspecified atom stereocenters. The lowest BCUT2D eigenvalue weighted by molar-refractivity contribution is -0.176. The lowest BCUT2D eigenvalue weighted by atomic mass is 9.86. The maximum absolute atomic E-state index is 13.1. The Bertz CT molecular complexity index is 670. The fourth-order valence-corrected chi connectivity index (χ4v) is 4.23. The van der Waals surface area contributed by atoms with Crippen molar-refractivity contribution in [2.75, 3.05) is 5.75 Å². The number of nitrogens with one attached hydrogen (secondary N) is 1. The van der Waals surface area contributed by atoms with Crippen LogP contribution in [0.2, 0.25) is 0 Å². The predicted molar refractivity (Wildman–Crippen MR) is 86.0 cm³/mol. The van der Waals surface area contributed by atoms with Crippen LogP contribution in [-0.4, -0.2) is 18.0 Å². The Balaban J connectivity index is 1.56. The number of amides is 1. The minimum atomic E-state index is -4.22. The molecule has 1 aromatic rings. The fourth-order valence-electron chi connectivity index (χ4n) is 2.82. The summed E-state index contributed by atoms with van der Waals surface area (Å²) in [5.74, 6) is -1.93. The summed E-state index contributed by atoms with van der Waals surface area (Å²) < 4.78 is 44.3. The topological polar surface area (TPSA) is 38.3 Å². The molecule has 3 rings (SSSR count). The van der Waals surface area contributed by atoms with Crippen LogP contribution in [0.25, 0.3) is 0 Å². The van der Waals surface area contributed by atoms with Crippen LogP contribution >= 0.6 is 11.8 Å². The highest BCUT2D eigenvalue weighted by Gasteiger charge is 2.50. The zero-order valence-corrected chi connectivity index (χ0v) is 13.5. The maximum Gasteiger partial charge on any atom is 0.411 e. The Labute approximate surface area is 141 Å². The lowest BCUT2D eigenvalue weighted by Crippen LogP contribution is -2.32. The molecule has 1 saturated heterocycles. The molecular formula is C17H16F3NO2S. The van der Waals surface area contributed by atoms with Crippen LogP contribution in [0.3, 0.4) is 0 Å². The monoisotopic (exact) mass is 355 g/mol. The molecule has 0 bridgehead atoms. The average Bonchev–Trinajstić information content (AvgIpc) is 2.97. The number of hydrogen-bond acceptors (Lipinski definition) is 3. The largest absolute Gasteiger partial charge is 0.444 e. The molecule has 24 heavy (non-hydrogen) atoms. The van der Waals surface area contributed by atoms with Gasteiger partial charge < -0.3 is 4.74 Å². The number of rotatable bonds is 3. The molecule has 1 fully saturated rings. The smallest absolute Gasteiger partial charge is 0.411 e. The number of halogens is 3. The van der Waals surface area contributed by atoms with Crippen LogP contribution in [0.15, 0.2) is 53.1 Å². The van der Waals surface area contributed by atoms with Gasteiger partial charge in [-0.1, -0.05) is 36.4 Å². The zero-order chi connectivity index (χ0) is 17.2. The van der Waals surface area contributed by atoms with Gasteiger partial charge in [0, 0.05) is 17.4 Å². The van der Waals surface area contributed by atoms with E-state index in [0.717, 1.165) is 10.5 Å². The minimum absolute atomic E-state index is 0.0412. The molecule has 1 aliphatic carbocycles. The summed E-state index contributed by atoms with van der Waals surface area (Å²) in [5.41, 5.74) is 1.30. The number of carbonyl (C=O) groups is 1. The molecule has 0 radical (unpaired) electrons. The van der Waals surface area contributed by atoms with Crippen LogP contribution in [0.1, 0.15) is 12.0 Å². The molecule has 0 spiro atoms. The van der Waals surface area contributed by atoms with Crippen molar-refractivity contribution in [3.05, 3.63) is 58.6 Å². The number of fused-ring (bicyclic) bond motifs is 1. The molecule has 0 aromatic heterocycles. The highest BCUT2D eigenvalue weighted by Crippen LogP contribution is 2.51. The summed E-state index contributed by atoms with van der Waals surface area (Å²) in [6, 6.07) is 9.18. The molecule has 7 heteroatoms. The molecule has 128 valence electrons. The van der Waals surface area contributed by atoms with E-state index in [0.29, 0.717) is 5.70 Å². The first kappa shape index (κ1) is 17.0. The number of ether oxygens (including phenoxy) is 1. The second-order valence-corrected chi connectivity index (χ2v) is 6.81. The Morgan fingerprint density at radius 3 is 2.71 bits per heavy atom. The van der Waals surface area contributed by atoms with Crippen LogP contribution in [0, 0.1) is 11.8 Å². The number of thioether (sulfide) groups is 1. The van der Waals surface area contributed by atoms with Gasteiger partial charge in [0.1, 0.15) is 6.61 Å². The second-order valence-electron chi connectivity index (χ2n) is 5.72. The molecule has 1 heterocycles.